The van der Waals surface area contributed by atoms with Crippen molar-refractivity contribution in [2.45, 2.75) is 51.3 Å². The second kappa shape index (κ2) is 9.29. The molecule has 3 fully saturated rings. The second-order valence-electron chi connectivity index (χ2n) is 8.28. The molecule has 1 N–H and O–H groups in total. The van der Waals surface area contributed by atoms with Gasteiger partial charge in [0.15, 0.2) is 5.96 Å². The summed E-state index contributed by atoms with van der Waals surface area (Å²) in [5.41, 5.74) is 1.46. The third-order valence-electron chi connectivity index (χ3n) is 6.89. The molecule has 3 atom stereocenters. The minimum atomic E-state index is 0. The summed E-state index contributed by atoms with van der Waals surface area (Å²) < 4.78 is 17.0. The van der Waals surface area contributed by atoms with Crippen LogP contribution >= 0.6 is 24.0 Å². The van der Waals surface area contributed by atoms with E-state index in [1.54, 1.807) is 14.2 Å². The normalized spacial score (nSPS) is 26.6. The molecule has 3 unspecified atom stereocenters. The largest absolute Gasteiger partial charge is 0.497 e. The highest BCUT2D eigenvalue weighted by molar-refractivity contribution is 14.0. The van der Waals surface area contributed by atoms with Crippen LogP contribution in [0.1, 0.15) is 38.2 Å². The Kier molecular flexibility index (Phi) is 7.19. The molecule has 0 radical (unpaired) electrons. The number of halogens is 1. The van der Waals surface area contributed by atoms with Crippen molar-refractivity contribution >= 4 is 29.9 Å². The van der Waals surface area contributed by atoms with E-state index in [0.29, 0.717) is 23.5 Å². The first-order valence-corrected chi connectivity index (χ1v) is 10.5. The summed E-state index contributed by atoms with van der Waals surface area (Å²) in [6.07, 6.45) is 5.51. The van der Waals surface area contributed by atoms with Gasteiger partial charge in [-0.3, -0.25) is 4.99 Å². The lowest BCUT2D eigenvalue weighted by molar-refractivity contribution is -0.171. The second-order valence-corrected chi connectivity index (χ2v) is 8.28. The van der Waals surface area contributed by atoms with Crippen LogP contribution < -0.4 is 14.8 Å². The highest BCUT2D eigenvalue weighted by atomic mass is 127. The molecule has 0 amide bonds. The highest BCUT2D eigenvalue weighted by Crippen LogP contribution is 2.62. The van der Waals surface area contributed by atoms with Gasteiger partial charge in [0, 0.05) is 55.7 Å². The van der Waals surface area contributed by atoms with Gasteiger partial charge in [0.25, 0.3) is 0 Å². The van der Waals surface area contributed by atoms with Gasteiger partial charge in [-0.1, -0.05) is 6.42 Å². The van der Waals surface area contributed by atoms with Crippen molar-refractivity contribution in [3.05, 3.63) is 23.8 Å². The first-order valence-electron chi connectivity index (χ1n) is 10.5. The van der Waals surface area contributed by atoms with E-state index < -0.39 is 0 Å². The van der Waals surface area contributed by atoms with Gasteiger partial charge in [0.1, 0.15) is 11.5 Å². The van der Waals surface area contributed by atoms with Gasteiger partial charge in [-0.15, -0.1) is 24.0 Å². The molecule has 1 heterocycles. The maximum absolute atomic E-state index is 6.07. The molecule has 0 aromatic heterocycles. The van der Waals surface area contributed by atoms with Crippen LogP contribution in [0.5, 0.6) is 11.5 Å². The number of hydrogen-bond acceptors (Lipinski definition) is 4. The molecule has 4 rings (SSSR count). The first-order chi connectivity index (χ1) is 13.6. The van der Waals surface area contributed by atoms with Crippen LogP contribution in [0.4, 0.5) is 0 Å². The Hall–Kier alpha value is -1.22. The minimum Gasteiger partial charge on any atom is -0.497 e. The Morgan fingerprint density at radius 1 is 1.31 bits per heavy atom. The molecule has 1 aliphatic heterocycles. The van der Waals surface area contributed by atoms with Crippen LogP contribution in [0.25, 0.3) is 0 Å². The minimum absolute atomic E-state index is 0. The third-order valence-corrected chi connectivity index (χ3v) is 6.89. The number of hydrogen-bond donors (Lipinski definition) is 1. The average Bonchev–Trinajstić information content (AvgIpc) is 3.09. The molecular weight excluding hydrogens is 481 g/mol. The lowest BCUT2D eigenvalue weighted by Gasteiger charge is -2.63. The first kappa shape index (κ1) is 22.5. The van der Waals surface area contributed by atoms with Crippen LogP contribution in [-0.2, 0) is 11.3 Å². The SMILES string of the molecule is CCN=C(NC1C2CCOC2C12CCC2)N(C)Cc1ccc(OC)cc1OC.I. The van der Waals surface area contributed by atoms with E-state index in [1.807, 2.05) is 12.1 Å². The average molecular weight is 515 g/mol. The zero-order valence-corrected chi connectivity index (χ0v) is 20.3. The Morgan fingerprint density at radius 3 is 2.72 bits per heavy atom. The Labute approximate surface area is 191 Å². The fourth-order valence-corrected chi connectivity index (χ4v) is 5.33. The molecule has 3 aliphatic rings. The number of nitrogens with one attached hydrogen (secondary N) is 1. The van der Waals surface area contributed by atoms with Crippen molar-refractivity contribution in [2.75, 3.05) is 34.4 Å². The molecule has 1 aromatic rings. The lowest BCUT2D eigenvalue weighted by atomic mass is 9.46. The van der Waals surface area contributed by atoms with Gasteiger partial charge in [0.2, 0.25) is 0 Å². The van der Waals surface area contributed by atoms with Crippen molar-refractivity contribution < 1.29 is 14.2 Å². The van der Waals surface area contributed by atoms with Crippen molar-refractivity contribution in [3.63, 3.8) is 0 Å². The van der Waals surface area contributed by atoms with Crippen LogP contribution in [0.3, 0.4) is 0 Å². The molecular formula is C22H34IN3O3. The summed E-state index contributed by atoms with van der Waals surface area (Å²) >= 11 is 0. The summed E-state index contributed by atoms with van der Waals surface area (Å²) in [6, 6.07) is 6.46. The number of methoxy groups -OCH3 is 2. The van der Waals surface area contributed by atoms with Gasteiger partial charge in [-0.25, -0.2) is 0 Å². The molecule has 1 aromatic carbocycles. The Bertz CT molecular complexity index is 738. The van der Waals surface area contributed by atoms with Crippen LogP contribution in [0.2, 0.25) is 0 Å². The van der Waals surface area contributed by atoms with Crippen molar-refractivity contribution in [1.29, 1.82) is 0 Å². The fourth-order valence-electron chi connectivity index (χ4n) is 5.33. The van der Waals surface area contributed by atoms with E-state index >= 15 is 0 Å². The van der Waals surface area contributed by atoms with Crippen LogP contribution in [-0.4, -0.2) is 57.4 Å². The molecule has 162 valence electrons. The van der Waals surface area contributed by atoms with Crippen LogP contribution in [0.15, 0.2) is 23.2 Å². The van der Waals surface area contributed by atoms with E-state index in [1.165, 1.54) is 25.7 Å². The Balaban J connectivity index is 0.00000240. The number of aliphatic imine (C=N–C) groups is 1. The number of nitrogens with zero attached hydrogens (tertiary/aromatic N) is 2. The number of guanidine groups is 1. The molecule has 0 bridgehead atoms. The highest BCUT2D eigenvalue weighted by Gasteiger charge is 2.66. The third kappa shape index (κ3) is 3.92. The molecule has 2 aliphatic carbocycles. The van der Waals surface area contributed by atoms with Crippen LogP contribution in [0, 0.1) is 11.3 Å². The summed E-state index contributed by atoms with van der Waals surface area (Å²) in [7, 11) is 5.47. The molecule has 6 nitrogen and oxygen atoms in total. The lowest BCUT2D eigenvalue weighted by Crippen LogP contribution is -2.72. The smallest absolute Gasteiger partial charge is 0.194 e. The van der Waals surface area contributed by atoms with Crippen molar-refractivity contribution in [1.82, 2.24) is 10.2 Å². The molecule has 2 saturated carbocycles. The molecule has 7 heteroatoms. The quantitative estimate of drug-likeness (QED) is 0.356. The molecule has 29 heavy (non-hydrogen) atoms. The van der Waals surface area contributed by atoms with E-state index in [4.69, 9.17) is 19.2 Å². The van der Waals surface area contributed by atoms with Crippen molar-refractivity contribution in [2.24, 2.45) is 16.3 Å². The number of ether oxygens (including phenoxy) is 3. The van der Waals surface area contributed by atoms with Gasteiger partial charge < -0.3 is 24.4 Å². The fraction of sp³-hybridized carbons (Fsp3) is 0.682. The maximum atomic E-state index is 6.07. The maximum Gasteiger partial charge on any atom is 0.194 e. The molecule has 1 saturated heterocycles. The van der Waals surface area contributed by atoms with Crippen molar-refractivity contribution in [3.8, 4) is 11.5 Å². The van der Waals surface area contributed by atoms with Gasteiger partial charge in [0.05, 0.1) is 20.3 Å². The monoisotopic (exact) mass is 515 g/mol. The van der Waals surface area contributed by atoms with Gasteiger partial charge in [-0.05, 0) is 38.3 Å². The topological polar surface area (TPSA) is 55.3 Å². The van der Waals surface area contributed by atoms with E-state index in [9.17, 15) is 0 Å². The standard InChI is InChI=1S/C22H33N3O3.HI/c1-5-23-21(24-19-17-9-12-28-20(17)22(19)10-6-11-22)25(2)14-15-7-8-16(26-3)13-18(15)27-4;/h7-8,13,17,19-20H,5-6,9-12,14H2,1-4H3,(H,23,24);1H. The number of rotatable bonds is 6. The van der Waals surface area contributed by atoms with Gasteiger partial charge in [-0.2, -0.15) is 0 Å². The van der Waals surface area contributed by atoms with E-state index in [0.717, 1.165) is 42.7 Å². The van der Waals surface area contributed by atoms with Gasteiger partial charge >= 0.3 is 0 Å². The predicted octanol–water partition coefficient (Wildman–Crippen LogP) is 3.68. The summed E-state index contributed by atoms with van der Waals surface area (Å²) in [4.78, 5) is 6.99. The summed E-state index contributed by atoms with van der Waals surface area (Å²) in [6.45, 7) is 4.49. The summed E-state index contributed by atoms with van der Waals surface area (Å²) in [5, 5.41) is 3.83. The van der Waals surface area contributed by atoms with E-state index in [-0.39, 0.29) is 24.0 Å². The zero-order valence-electron chi connectivity index (χ0n) is 17.9. The summed E-state index contributed by atoms with van der Waals surface area (Å²) in [5.74, 6) is 3.25. The molecule has 1 spiro atoms. The number of benzene rings is 1. The number of fused-ring (bicyclic) bond motifs is 2. The zero-order chi connectivity index (χ0) is 19.7. The van der Waals surface area contributed by atoms with E-state index in [2.05, 4.69) is 30.3 Å². The predicted molar refractivity (Wildman–Crippen MR) is 125 cm³/mol. The Morgan fingerprint density at radius 2 is 2.10 bits per heavy atom.